The van der Waals surface area contributed by atoms with Crippen LogP contribution in [-0.2, 0) is 19.4 Å². The highest BCUT2D eigenvalue weighted by Crippen LogP contribution is 2.43. The Morgan fingerprint density at radius 1 is 1.18 bits per heavy atom. The van der Waals surface area contributed by atoms with Gasteiger partial charge in [-0.1, -0.05) is 11.6 Å². The second-order valence-electron chi connectivity index (χ2n) is 8.98. The van der Waals surface area contributed by atoms with E-state index in [0.29, 0.717) is 12.8 Å². The zero-order chi connectivity index (χ0) is 24.2. The second-order valence-corrected chi connectivity index (χ2v) is 11.6. The largest absolute Gasteiger partial charge is 0.338 e. The number of nitrogens with zero attached hydrogens (tertiary/aromatic N) is 2. The van der Waals surface area contributed by atoms with E-state index in [1.54, 1.807) is 0 Å². The van der Waals surface area contributed by atoms with Gasteiger partial charge in [0.2, 0.25) is 11.8 Å². The van der Waals surface area contributed by atoms with Gasteiger partial charge in [-0.3, -0.25) is 9.59 Å². The maximum atomic E-state index is 13.7. The van der Waals surface area contributed by atoms with Crippen LogP contribution in [0.2, 0.25) is 5.02 Å². The Morgan fingerprint density at radius 3 is 2.39 bits per heavy atom. The summed E-state index contributed by atoms with van der Waals surface area (Å²) in [4.78, 5) is 26.7. The summed E-state index contributed by atoms with van der Waals surface area (Å²) in [5.41, 5.74) is -1.04. The molecule has 1 aromatic rings. The molecule has 1 saturated heterocycles. The van der Waals surface area contributed by atoms with Crippen molar-refractivity contribution in [2.75, 3.05) is 13.1 Å². The molecule has 2 aliphatic carbocycles. The van der Waals surface area contributed by atoms with Gasteiger partial charge in [0.25, 0.3) is 5.92 Å². The van der Waals surface area contributed by atoms with Crippen LogP contribution in [0.3, 0.4) is 0 Å². The first-order valence-corrected chi connectivity index (χ1v) is 12.4. The maximum absolute atomic E-state index is 13.7. The molecule has 0 aromatic heterocycles. The van der Waals surface area contributed by atoms with Crippen LogP contribution in [0.25, 0.3) is 0 Å². The Morgan fingerprint density at radius 2 is 1.85 bits per heavy atom. The van der Waals surface area contributed by atoms with Crippen molar-refractivity contribution in [1.82, 2.24) is 10.2 Å². The summed E-state index contributed by atoms with van der Waals surface area (Å²) < 4.78 is 67.3. The maximum Gasteiger partial charge on any atom is 0.267 e. The normalized spacial score (nSPS) is 27.7. The molecule has 2 amide bonds. The molecule has 1 unspecified atom stereocenters. The van der Waals surface area contributed by atoms with Gasteiger partial charge in [0.05, 0.1) is 39.6 Å². The van der Waals surface area contributed by atoms with Crippen molar-refractivity contribution in [3.63, 3.8) is 0 Å². The van der Waals surface area contributed by atoms with Gasteiger partial charge in [-0.2, -0.15) is 5.26 Å². The van der Waals surface area contributed by atoms with Gasteiger partial charge in [-0.15, -0.1) is 0 Å². The number of hydrogen-bond donors (Lipinski definition) is 1. The van der Waals surface area contributed by atoms with Crippen LogP contribution in [0.1, 0.15) is 32.1 Å². The number of likely N-dealkylation sites (tertiary alicyclic amines) is 1. The van der Waals surface area contributed by atoms with E-state index in [1.165, 1.54) is 0 Å². The average Bonchev–Trinajstić information content (AvgIpc) is 3.18. The topological polar surface area (TPSA) is 107 Å². The van der Waals surface area contributed by atoms with E-state index in [9.17, 15) is 36.4 Å². The van der Waals surface area contributed by atoms with Gasteiger partial charge in [0.1, 0.15) is 11.4 Å². The van der Waals surface area contributed by atoms with Crippen molar-refractivity contribution in [2.24, 2.45) is 11.8 Å². The number of carbonyl (C=O) groups is 2. The highest BCUT2D eigenvalue weighted by molar-refractivity contribution is 7.92. The molecule has 0 radical (unpaired) electrons. The predicted molar refractivity (Wildman–Crippen MR) is 110 cm³/mol. The van der Waals surface area contributed by atoms with Crippen LogP contribution in [0.15, 0.2) is 23.1 Å². The Hall–Kier alpha value is -2.32. The summed E-state index contributed by atoms with van der Waals surface area (Å²) in [5, 5.41) is 10.3. The smallest absolute Gasteiger partial charge is 0.267 e. The first kappa shape index (κ1) is 23.8. The van der Waals surface area contributed by atoms with E-state index >= 15 is 0 Å². The molecular formula is C21H21ClF3N3O4S. The number of alkyl halides is 2. The molecule has 0 bridgehead atoms. The van der Waals surface area contributed by atoms with Crippen LogP contribution in [0.4, 0.5) is 13.2 Å². The van der Waals surface area contributed by atoms with Crippen molar-refractivity contribution in [1.29, 1.82) is 5.26 Å². The molecule has 7 nitrogen and oxygen atoms in total. The van der Waals surface area contributed by atoms with Crippen LogP contribution in [0, 0.1) is 29.0 Å². The summed E-state index contributed by atoms with van der Waals surface area (Å²) in [6.07, 6.45) is -0.150. The lowest BCUT2D eigenvalue weighted by atomic mass is 9.93. The lowest BCUT2D eigenvalue weighted by Gasteiger charge is -2.24. The third-order valence-corrected chi connectivity index (χ3v) is 9.28. The van der Waals surface area contributed by atoms with Gasteiger partial charge in [-0.05, 0) is 43.9 Å². The number of sulfone groups is 1. The average molecular weight is 504 g/mol. The summed E-state index contributed by atoms with van der Waals surface area (Å²) >= 11 is 5.95. The quantitative estimate of drug-likeness (QED) is 0.622. The van der Waals surface area contributed by atoms with Crippen LogP contribution < -0.4 is 5.32 Å². The molecule has 1 N–H and O–H groups in total. The highest BCUT2D eigenvalue weighted by atomic mass is 35.5. The number of nitriles is 1. The molecule has 4 rings (SSSR count). The predicted octanol–water partition coefficient (Wildman–Crippen LogP) is 2.69. The molecule has 3 aliphatic rings. The van der Waals surface area contributed by atoms with Crippen molar-refractivity contribution >= 4 is 33.3 Å². The van der Waals surface area contributed by atoms with Gasteiger partial charge in [0, 0.05) is 13.0 Å². The lowest BCUT2D eigenvalue weighted by molar-refractivity contribution is -0.141. The molecule has 3 atom stereocenters. The number of amides is 2. The Kier molecular flexibility index (Phi) is 5.90. The fourth-order valence-corrected chi connectivity index (χ4v) is 6.93. The first-order chi connectivity index (χ1) is 15.4. The number of nitrogens with one attached hydrogen (secondary N) is 1. The van der Waals surface area contributed by atoms with Crippen molar-refractivity contribution in [3.05, 3.63) is 29.0 Å². The van der Waals surface area contributed by atoms with Crippen LogP contribution in [-0.4, -0.2) is 54.9 Å². The second kappa shape index (κ2) is 8.17. The van der Waals surface area contributed by atoms with Crippen molar-refractivity contribution < 1.29 is 31.2 Å². The number of benzene rings is 1. The molecule has 1 heterocycles. The minimum atomic E-state index is -4.16. The SMILES string of the molecule is N#CC1(NC(=O)[C@@H]2CC(S(=O)(=O)c3ccc(F)cc3Cl)C[C@H]2C(=O)N2CCC(F)(F)C2)CC1. The fraction of sp³-hybridized carbons (Fsp3) is 0.571. The lowest BCUT2D eigenvalue weighted by Crippen LogP contribution is -2.45. The monoisotopic (exact) mass is 503 g/mol. The van der Waals surface area contributed by atoms with Crippen molar-refractivity contribution in [2.45, 2.75) is 53.7 Å². The van der Waals surface area contributed by atoms with Gasteiger partial charge < -0.3 is 10.2 Å². The first-order valence-electron chi connectivity index (χ1n) is 10.5. The summed E-state index contributed by atoms with van der Waals surface area (Å²) in [6.45, 7) is -0.986. The zero-order valence-corrected chi connectivity index (χ0v) is 18.9. The number of carbonyl (C=O) groups excluding carboxylic acids is 2. The Balaban J connectivity index is 1.62. The third kappa shape index (κ3) is 4.55. The molecule has 3 fully saturated rings. The van der Waals surface area contributed by atoms with E-state index in [2.05, 4.69) is 5.32 Å². The standard InChI is InChI=1S/C21H21ClF3N3O4S/c22-16-7-12(23)1-2-17(16)33(31,32)13-8-14(18(29)27-20(10-26)3-4-20)15(9-13)19(30)28-6-5-21(24,25)11-28/h1-2,7,13-15H,3-6,8-9,11H2,(H,27,29)/t13?,14-,15-/m1/s1. The molecule has 12 heteroatoms. The summed E-state index contributed by atoms with van der Waals surface area (Å²) in [6, 6.07) is 4.81. The summed E-state index contributed by atoms with van der Waals surface area (Å²) in [5.74, 6) is -7.39. The Bertz CT molecular complexity index is 1150. The van der Waals surface area contributed by atoms with Gasteiger partial charge in [-0.25, -0.2) is 21.6 Å². The van der Waals surface area contributed by atoms with Gasteiger partial charge in [0.15, 0.2) is 9.84 Å². The van der Waals surface area contributed by atoms with E-state index < -0.39 is 69.0 Å². The number of halogens is 4. The number of hydrogen-bond acceptors (Lipinski definition) is 5. The van der Waals surface area contributed by atoms with E-state index in [1.807, 2.05) is 6.07 Å². The van der Waals surface area contributed by atoms with E-state index in [-0.39, 0.29) is 29.3 Å². The van der Waals surface area contributed by atoms with Crippen molar-refractivity contribution in [3.8, 4) is 6.07 Å². The van der Waals surface area contributed by atoms with Gasteiger partial charge >= 0.3 is 0 Å². The molecule has 33 heavy (non-hydrogen) atoms. The molecule has 0 spiro atoms. The molecular weight excluding hydrogens is 483 g/mol. The summed E-state index contributed by atoms with van der Waals surface area (Å²) in [7, 11) is -4.16. The highest BCUT2D eigenvalue weighted by Gasteiger charge is 2.53. The zero-order valence-electron chi connectivity index (χ0n) is 17.4. The fourth-order valence-electron chi connectivity index (χ4n) is 4.57. The molecule has 1 aromatic carbocycles. The number of rotatable bonds is 5. The van der Waals surface area contributed by atoms with Crippen LogP contribution in [0.5, 0.6) is 0 Å². The van der Waals surface area contributed by atoms with E-state index in [0.717, 1.165) is 23.1 Å². The van der Waals surface area contributed by atoms with Crippen LogP contribution >= 0.6 is 11.6 Å². The van der Waals surface area contributed by atoms with E-state index in [4.69, 9.17) is 11.6 Å². The molecule has 178 valence electrons. The minimum absolute atomic E-state index is 0.194. The third-order valence-electron chi connectivity index (χ3n) is 6.62. The Labute approximate surface area is 193 Å². The minimum Gasteiger partial charge on any atom is -0.338 e. The molecule has 2 saturated carbocycles. The molecule has 1 aliphatic heterocycles.